The van der Waals surface area contributed by atoms with Crippen LogP contribution in [0.5, 0.6) is 0 Å². The number of anilines is 1. The van der Waals surface area contributed by atoms with Crippen LogP contribution in [-0.4, -0.2) is 59.0 Å². The Hall–Kier alpha value is -2.87. The summed E-state index contributed by atoms with van der Waals surface area (Å²) in [5, 5.41) is 2.45. The highest BCUT2D eigenvalue weighted by molar-refractivity contribution is 8.00. The maximum Gasteiger partial charge on any atom is 0.253 e. The van der Waals surface area contributed by atoms with Crippen molar-refractivity contribution in [1.29, 1.82) is 0 Å². The normalized spacial score (nSPS) is 15.2. The van der Waals surface area contributed by atoms with Gasteiger partial charge in [-0.05, 0) is 61.9 Å². The number of nitrogens with one attached hydrogen (secondary N) is 1. The van der Waals surface area contributed by atoms with Crippen LogP contribution in [-0.2, 0) is 9.59 Å². The number of carbonyl (C=O) groups excluding carboxylic acids is 3. The molecule has 1 fully saturated rings. The molecule has 8 heteroatoms. The van der Waals surface area contributed by atoms with E-state index in [9.17, 15) is 18.8 Å². The van der Waals surface area contributed by atoms with Gasteiger partial charge < -0.3 is 15.1 Å². The Bertz CT molecular complexity index is 934. The van der Waals surface area contributed by atoms with E-state index in [4.69, 9.17) is 0 Å². The molecule has 1 atom stereocenters. The van der Waals surface area contributed by atoms with Gasteiger partial charge in [0, 0.05) is 49.2 Å². The van der Waals surface area contributed by atoms with E-state index in [-0.39, 0.29) is 28.8 Å². The molecule has 6 nitrogen and oxygen atoms in total. The predicted molar refractivity (Wildman–Crippen MR) is 120 cm³/mol. The van der Waals surface area contributed by atoms with Crippen LogP contribution < -0.4 is 5.32 Å². The van der Waals surface area contributed by atoms with Crippen molar-refractivity contribution in [2.24, 2.45) is 0 Å². The molecule has 0 spiro atoms. The summed E-state index contributed by atoms with van der Waals surface area (Å²) in [4.78, 5) is 41.2. The summed E-state index contributed by atoms with van der Waals surface area (Å²) >= 11 is 1.47. The van der Waals surface area contributed by atoms with E-state index in [0.717, 1.165) is 4.90 Å². The Morgan fingerprint density at radius 3 is 2.19 bits per heavy atom. The van der Waals surface area contributed by atoms with Gasteiger partial charge >= 0.3 is 0 Å². The van der Waals surface area contributed by atoms with E-state index in [0.29, 0.717) is 43.9 Å². The lowest BCUT2D eigenvalue weighted by molar-refractivity contribution is -0.130. The van der Waals surface area contributed by atoms with E-state index >= 15 is 0 Å². The zero-order valence-electron chi connectivity index (χ0n) is 17.6. The van der Waals surface area contributed by atoms with Crippen molar-refractivity contribution in [2.75, 3.05) is 31.5 Å². The summed E-state index contributed by atoms with van der Waals surface area (Å²) in [7, 11) is 0. The van der Waals surface area contributed by atoms with Crippen LogP contribution in [0.15, 0.2) is 53.4 Å². The number of benzene rings is 2. The van der Waals surface area contributed by atoms with Crippen molar-refractivity contribution in [1.82, 2.24) is 9.80 Å². The first-order valence-electron chi connectivity index (χ1n) is 10.2. The van der Waals surface area contributed by atoms with Gasteiger partial charge in [-0.25, -0.2) is 4.39 Å². The topological polar surface area (TPSA) is 69.7 Å². The maximum absolute atomic E-state index is 13.1. The molecule has 0 radical (unpaired) electrons. The van der Waals surface area contributed by atoms with Crippen molar-refractivity contribution >= 4 is 35.2 Å². The second-order valence-electron chi connectivity index (χ2n) is 7.44. The second-order valence-corrected chi connectivity index (χ2v) is 8.86. The molecule has 1 unspecified atom stereocenters. The molecule has 1 aliphatic heterocycles. The van der Waals surface area contributed by atoms with Crippen molar-refractivity contribution in [2.45, 2.75) is 30.4 Å². The fourth-order valence-corrected chi connectivity index (χ4v) is 4.40. The molecule has 0 saturated carbocycles. The maximum atomic E-state index is 13.1. The lowest BCUT2D eigenvalue weighted by Crippen LogP contribution is -2.40. The molecule has 1 aliphatic rings. The minimum atomic E-state index is -0.375. The molecule has 164 valence electrons. The van der Waals surface area contributed by atoms with Crippen LogP contribution in [0.3, 0.4) is 0 Å². The van der Waals surface area contributed by atoms with Gasteiger partial charge in [0.2, 0.25) is 11.8 Å². The summed E-state index contributed by atoms with van der Waals surface area (Å²) in [5.41, 5.74) is 1.17. The Morgan fingerprint density at radius 2 is 1.55 bits per heavy atom. The van der Waals surface area contributed by atoms with E-state index in [2.05, 4.69) is 5.32 Å². The summed E-state index contributed by atoms with van der Waals surface area (Å²) in [6.07, 6.45) is 0.696. The second kappa shape index (κ2) is 10.4. The van der Waals surface area contributed by atoms with E-state index in [1.165, 1.54) is 43.0 Å². The third-order valence-corrected chi connectivity index (χ3v) is 6.12. The predicted octanol–water partition coefficient (Wildman–Crippen LogP) is 3.64. The van der Waals surface area contributed by atoms with Crippen molar-refractivity contribution in [3.8, 4) is 0 Å². The first kappa shape index (κ1) is 22.8. The zero-order chi connectivity index (χ0) is 22.4. The van der Waals surface area contributed by atoms with Crippen molar-refractivity contribution < 1.29 is 18.8 Å². The van der Waals surface area contributed by atoms with Gasteiger partial charge in [0.05, 0.1) is 5.25 Å². The molecule has 2 aromatic rings. The first-order chi connectivity index (χ1) is 14.8. The summed E-state index contributed by atoms with van der Waals surface area (Å²) in [5.74, 6) is -0.611. The summed E-state index contributed by atoms with van der Waals surface area (Å²) < 4.78 is 13.1. The van der Waals surface area contributed by atoms with Gasteiger partial charge in [-0.2, -0.15) is 0 Å². The molecular weight excluding hydrogens is 417 g/mol. The highest BCUT2D eigenvalue weighted by Crippen LogP contribution is 2.26. The van der Waals surface area contributed by atoms with Crippen molar-refractivity contribution in [3.05, 3.63) is 59.9 Å². The van der Waals surface area contributed by atoms with Gasteiger partial charge in [0.15, 0.2) is 0 Å². The van der Waals surface area contributed by atoms with E-state index in [1.807, 2.05) is 31.2 Å². The van der Waals surface area contributed by atoms with Gasteiger partial charge in [-0.3, -0.25) is 14.4 Å². The number of halogens is 1. The number of hydrogen-bond acceptors (Lipinski definition) is 4. The average Bonchev–Trinajstić information content (AvgIpc) is 3.00. The Kier molecular flexibility index (Phi) is 7.68. The average molecular weight is 444 g/mol. The summed E-state index contributed by atoms with van der Waals surface area (Å²) in [6, 6.07) is 12.9. The monoisotopic (exact) mass is 443 g/mol. The number of amides is 3. The molecule has 1 N–H and O–H groups in total. The number of nitrogens with zero attached hydrogens (tertiary/aromatic N) is 2. The molecule has 0 bridgehead atoms. The smallest absolute Gasteiger partial charge is 0.253 e. The molecular formula is C23H26FN3O3S. The lowest BCUT2D eigenvalue weighted by atomic mass is 10.2. The molecule has 2 aromatic carbocycles. The van der Waals surface area contributed by atoms with Gasteiger partial charge in [0.25, 0.3) is 5.91 Å². The lowest BCUT2D eigenvalue weighted by Gasteiger charge is -2.24. The highest BCUT2D eigenvalue weighted by atomic mass is 32.2. The van der Waals surface area contributed by atoms with E-state index < -0.39 is 0 Å². The van der Waals surface area contributed by atoms with Crippen LogP contribution in [0.25, 0.3) is 0 Å². The highest BCUT2D eigenvalue weighted by Gasteiger charge is 2.26. The van der Waals surface area contributed by atoms with Gasteiger partial charge in [-0.1, -0.05) is 0 Å². The fourth-order valence-electron chi connectivity index (χ4n) is 3.45. The molecule has 0 aromatic heterocycles. The Labute approximate surface area is 185 Å². The van der Waals surface area contributed by atoms with Crippen LogP contribution in [0.2, 0.25) is 0 Å². The largest absolute Gasteiger partial charge is 0.340 e. The SMILES string of the molecule is CC(=O)Nc1ccc(SC(C)C(=O)N2CCCN(C(=O)c3ccc(F)cc3)CC2)cc1. The van der Waals surface area contributed by atoms with Crippen LogP contribution in [0, 0.1) is 5.82 Å². The van der Waals surface area contributed by atoms with Crippen LogP contribution >= 0.6 is 11.8 Å². The molecule has 0 aliphatic carbocycles. The Morgan fingerprint density at radius 1 is 0.935 bits per heavy atom. The summed E-state index contributed by atoms with van der Waals surface area (Å²) in [6.45, 7) is 5.41. The minimum absolute atomic E-state index is 0.0343. The van der Waals surface area contributed by atoms with Crippen molar-refractivity contribution in [3.63, 3.8) is 0 Å². The number of thioether (sulfide) groups is 1. The van der Waals surface area contributed by atoms with Gasteiger partial charge in [-0.15, -0.1) is 11.8 Å². The minimum Gasteiger partial charge on any atom is -0.340 e. The number of rotatable bonds is 5. The third-order valence-electron chi connectivity index (χ3n) is 5.02. The van der Waals surface area contributed by atoms with E-state index in [1.54, 1.807) is 9.80 Å². The fraction of sp³-hybridized carbons (Fsp3) is 0.348. The molecule has 3 amide bonds. The Balaban J connectivity index is 1.55. The third kappa shape index (κ3) is 6.30. The molecule has 1 saturated heterocycles. The quantitative estimate of drug-likeness (QED) is 0.717. The first-order valence-corrected chi connectivity index (χ1v) is 11.1. The molecule has 3 rings (SSSR count). The molecule has 31 heavy (non-hydrogen) atoms. The zero-order valence-corrected chi connectivity index (χ0v) is 18.5. The van der Waals surface area contributed by atoms with Crippen LogP contribution in [0.1, 0.15) is 30.6 Å². The number of hydrogen-bond donors (Lipinski definition) is 1. The molecule has 1 heterocycles. The van der Waals surface area contributed by atoms with Gasteiger partial charge in [0.1, 0.15) is 5.82 Å². The van der Waals surface area contributed by atoms with Crippen LogP contribution in [0.4, 0.5) is 10.1 Å². The number of carbonyl (C=O) groups is 3. The standard InChI is InChI=1S/C23H26FN3O3S/c1-16(31-21-10-8-20(9-11-21)25-17(2)28)22(29)26-12-3-13-27(15-14-26)23(30)18-4-6-19(24)7-5-18/h4-11,16H,3,12-15H2,1-2H3,(H,25,28).